The van der Waals surface area contributed by atoms with Crippen molar-refractivity contribution >= 4 is 43.6 Å². The van der Waals surface area contributed by atoms with E-state index in [1.165, 1.54) is 0 Å². The molecule has 0 atom stereocenters. The highest BCUT2D eigenvalue weighted by Crippen LogP contribution is 2.42. The van der Waals surface area contributed by atoms with Crippen molar-refractivity contribution in [3.05, 3.63) is 169 Å². The molecule has 0 N–H and O–H groups in total. The molecule has 4 nitrogen and oxygen atoms in total. The standard InChI is InChI=1S/C44H26N4/c45-27-29-24-31(26-32(25-29)47-39-19-7-3-14-34(39)35-15-4-8-20-40(35)47)33-13-1-2-18-38(33)44-30(28-46)12-11-23-43(44)48-41-21-9-5-16-36(41)37-17-6-10-22-42(37)48/h1-26H. The van der Waals surface area contributed by atoms with Crippen LogP contribution >= 0.6 is 0 Å². The van der Waals surface area contributed by atoms with Crippen molar-refractivity contribution in [2.24, 2.45) is 0 Å². The Morgan fingerprint density at radius 2 is 0.917 bits per heavy atom. The molecule has 7 aromatic carbocycles. The Morgan fingerprint density at radius 1 is 0.417 bits per heavy atom. The third-order valence-corrected chi connectivity index (χ3v) is 9.38. The van der Waals surface area contributed by atoms with Gasteiger partial charge in [0.05, 0.1) is 51.0 Å². The Labute approximate surface area is 277 Å². The van der Waals surface area contributed by atoms with E-state index in [1.54, 1.807) is 0 Å². The van der Waals surface area contributed by atoms with Gasteiger partial charge in [-0.25, -0.2) is 0 Å². The minimum Gasteiger partial charge on any atom is -0.309 e. The van der Waals surface area contributed by atoms with Crippen LogP contribution in [0, 0.1) is 22.7 Å². The maximum atomic E-state index is 10.5. The number of hydrogen-bond donors (Lipinski definition) is 0. The zero-order valence-electron chi connectivity index (χ0n) is 25.8. The summed E-state index contributed by atoms with van der Waals surface area (Å²) in [4.78, 5) is 0. The molecule has 4 heteroatoms. The highest BCUT2D eigenvalue weighted by atomic mass is 15.0. The van der Waals surface area contributed by atoms with E-state index in [0.717, 1.165) is 77.2 Å². The number of aromatic nitrogens is 2. The summed E-state index contributed by atoms with van der Waals surface area (Å²) >= 11 is 0. The van der Waals surface area contributed by atoms with Crippen LogP contribution in [0.1, 0.15) is 11.1 Å². The molecular weight excluding hydrogens is 585 g/mol. The number of benzene rings is 7. The van der Waals surface area contributed by atoms with Crippen molar-refractivity contribution in [3.63, 3.8) is 0 Å². The Kier molecular flexibility index (Phi) is 6.22. The van der Waals surface area contributed by atoms with Crippen LogP contribution in [-0.2, 0) is 0 Å². The lowest BCUT2D eigenvalue weighted by Gasteiger charge is -2.19. The van der Waals surface area contributed by atoms with Crippen LogP contribution in [0.15, 0.2) is 158 Å². The SMILES string of the molecule is N#Cc1cc(-c2ccccc2-c2c(C#N)cccc2-n2c3ccccc3c3ccccc32)cc(-n2c3ccccc3c3ccccc32)c1. The number of hydrogen-bond acceptors (Lipinski definition) is 2. The van der Waals surface area contributed by atoms with Crippen LogP contribution in [0.2, 0.25) is 0 Å². The summed E-state index contributed by atoms with van der Waals surface area (Å²) in [5, 5.41) is 25.5. The van der Waals surface area contributed by atoms with Crippen LogP contribution in [-0.4, -0.2) is 9.13 Å². The minimum absolute atomic E-state index is 0.565. The van der Waals surface area contributed by atoms with Gasteiger partial charge in [0.25, 0.3) is 0 Å². The van der Waals surface area contributed by atoms with E-state index in [1.807, 2.05) is 36.4 Å². The van der Waals surface area contributed by atoms with E-state index in [-0.39, 0.29) is 0 Å². The first-order valence-electron chi connectivity index (χ1n) is 15.9. The molecule has 0 amide bonds. The van der Waals surface area contributed by atoms with Gasteiger partial charge in [-0.3, -0.25) is 0 Å². The molecule has 0 bridgehead atoms. The number of para-hydroxylation sites is 4. The normalized spacial score (nSPS) is 11.3. The van der Waals surface area contributed by atoms with Gasteiger partial charge in [-0.2, -0.15) is 10.5 Å². The Morgan fingerprint density at radius 3 is 1.46 bits per heavy atom. The summed E-state index contributed by atoms with van der Waals surface area (Å²) in [6, 6.07) is 58.8. The van der Waals surface area contributed by atoms with Crippen molar-refractivity contribution in [1.29, 1.82) is 10.5 Å². The van der Waals surface area contributed by atoms with Gasteiger partial charge >= 0.3 is 0 Å². The highest BCUT2D eigenvalue weighted by molar-refractivity contribution is 6.11. The number of nitriles is 2. The molecule has 0 aliphatic carbocycles. The Bertz CT molecular complexity index is 2710. The summed E-state index contributed by atoms with van der Waals surface area (Å²) in [6.45, 7) is 0. The third kappa shape index (κ3) is 4.07. The molecule has 0 fully saturated rings. The van der Waals surface area contributed by atoms with Gasteiger partial charge in [0.1, 0.15) is 0 Å². The molecule has 2 heterocycles. The zero-order valence-corrected chi connectivity index (χ0v) is 25.8. The van der Waals surface area contributed by atoms with Gasteiger partial charge in [-0.05, 0) is 71.3 Å². The first kappa shape index (κ1) is 27.4. The van der Waals surface area contributed by atoms with Gasteiger partial charge in [0, 0.05) is 32.8 Å². The predicted molar refractivity (Wildman–Crippen MR) is 195 cm³/mol. The molecule has 0 aliphatic rings. The average Bonchev–Trinajstić information content (AvgIpc) is 3.67. The fraction of sp³-hybridized carbons (Fsp3) is 0. The summed E-state index contributed by atoms with van der Waals surface area (Å²) in [7, 11) is 0. The summed E-state index contributed by atoms with van der Waals surface area (Å²) < 4.78 is 4.51. The van der Waals surface area contributed by atoms with E-state index in [0.29, 0.717) is 11.1 Å². The van der Waals surface area contributed by atoms with Crippen LogP contribution in [0.3, 0.4) is 0 Å². The van der Waals surface area contributed by atoms with Gasteiger partial charge in [-0.1, -0.05) is 103 Å². The van der Waals surface area contributed by atoms with Gasteiger partial charge in [0.15, 0.2) is 0 Å². The second-order valence-electron chi connectivity index (χ2n) is 12.0. The second kappa shape index (κ2) is 10.9. The number of rotatable bonds is 4. The van der Waals surface area contributed by atoms with Crippen LogP contribution in [0.4, 0.5) is 0 Å². The molecular formula is C44H26N4. The van der Waals surface area contributed by atoms with E-state index in [9.17, 15) is 10.5 Å². The average molecular weight is 611 g/mol. The predicted octanol–water partition coefficient (Wildman–Crippen LogP) is 11.0. The number of nitrogens with zero attached hydrogens (tertiary/aromatic N) is 4. The Balaban J connectivity index is 1.33. The number of fused-ring (bicyclic) bond motifs is 6. The van der Waals surface area contributed by atoms with Crippen molar-refractivity contribution in [2.45, 2.75) is 0 Å². The van der Waals surface area contributed by atoms with Gasteiger partial charge in [-0.15, -0.1) is 0 Å². The lowest BCUT2D eigenvalue weighted by atomic mass is 9.90. The maximum Gasteiger partial charge on any atom is 0.0998 e. The minimum atomic E-state index is 0.565. The van der Waals surface area contributed by atoms with E-state index >= 15 is 0 Å². The monoisotopic (exact) mass is 610 g/mol. The van der Waals surface area contributed by atoms with Crippen molar-refractivity contribution in [3.8, 4) is 45.8 Å². The quantitative estimate of drug-likeness (QED) is 0.199. The highest BCUT2D eigenvalue weighted by Gasteiger charge is 2.21. The molecule has 0 radical (unpaired) electrons. The molecule has 9 aromatic rings. The smallest absolute Gasteiger partial charge is 0.0998 e. The largest absolute Gasteiger partial charge is 0.309 e. The first-order valence-corrected chi connectivity index (χ1v) is 15.9. The van der Waals surface area contributed by atoms with Crippen LogP contribution in [0.25, 0.3) is 77.2 Å². The molecule has 48 heavy (non-hydrogen) atoms. The van der Waals surface area contributed by atoms with Gasteiger partial charge < -0.3 is 9.13 Å². The van der Waals surface area contributed by atoms with Crippen molar-refractivity contribution in [2.75, 3.05) is 0 Å². The topological polar surface area (TPSA) is 57.4 Å². The molecule has 0 saturated heterocycles. The first-order chi connectivity index (χ1) is 23.7. The second-order valence-corrected chi connectivity index (χ2v) is 12.0. The van der Waals surface area contributed by atoms with Crippen LogP contribution in [0.5, 0.6) is 0 Å². The fourth-order valence-electron chi connectivity index (χ4n) is 7.40. The molecule has 9 rings (SSSR count). The van der Waals surface area contributed by atoms with Crippen LogP contribution < -0.4 is 0 Å². The molecule has 2 aromatic heterocycles. The summed E-state index contributed by atoms with van der Waals surface area (Å²) in [6.07, 6.45) is 0. The van der Waals surface area contributed by atoms with Gasteiger partial charge in [0.2, 0.25) is 0 Å². The molecule has 0 aliphatic heterocycles. The van der Waals surface area contributed by atoms with Crippen molar-refractivity contribution < 1.29 is 0 Å². The zero-order chi connectivity index (χ0) is 32.2. The molecule has 0 saturated carbocycles. The van der Waals surface area contributed by atoms with E-state index < -0.39 is 0 Å². The lowest BCUT2D eigenvalue weighted by molar-refractivity contribution is 1.17. The lowest BCUT2D eigenvalue weighted by Crippen LogP contribution is -2.01. The van der Waals surface area contributed by atoms with E-state index in [2.05, 4.69) is 143 Å². The van der Waals surface area contributed by atoms with E-state index in [4.69, 9.17) is 0 Å². The summed E-state index contributed by atoms with van der Waals surface area (Å²) in [5.41, 5.74) is 10.9. The molecule has 222 valence electrons. The van der Waals surface area contributed by atoms with Crippen molar-refractivity contribution in [1.82, 2.24) is 9.13 Å². The fourth-order valence-corrected chi connectivity index (χ4v) is 7.40. The maximum absolute atomic E-state index is 10.5. The molecule has 0 unspecified atom stereocenters. The molecule has 0 spiro atoms. The Hall–Kier alpha value is -6.88. The summed E-state index contributed by atoms with van der Waals surface area (Å²) in [5.74, 6) is 0. The third-order valence-electron chi connectivity index (χ3n) is 9.38.